The smallest absolute Gasteiger partial charge is 0.255 e. The Kier molecular flexibility index (Phi) is 6.60. The first kappa shape index (κ1) is 22.3. The molecule has 1 aliphatic heterocycles. The Labute approximate surface area is 192 Å². The quantitative estimate of drug-likeness (QED) is 0.484. The van der Waals surface area contributed by atoms with Gasteiger partial charge in [0.05, 0.1) is 25.5 Å². The molecule has 0 spiro atoms. The number of hydrogen-bond donors (Lipinski definition) is 3. The Bertz CT molecular complexity index is 1190. The van der Waals surface area contributed by atoms with Crippen molar-refractivity contribution in [2.45, 2.75) is 25.8 Å². The Morgan fingerprint density at radius 3 is 2.76 bits per heavy atom. The van der Waals surface area contributed by atoms with E-state index in [1.807, 2.05) is 43.3 Å². The molecular formula is C24H27N5O4. The number of hydrogen-bond acceptors (Lipinski definition) is 7. The maximum absolute atomic E-state index is 13.6. The Morgan fingerprint density at radius 2 is 2.00 bits per heavy atom. The van der Waals surface area contributed by atoms with Crippen LogP contribution in [0.15, 0.2) is 59.8 Å². The van der Waals surface area contributed by atoms with E-state index >= 15 is 0 Å². The molecule has 1 atom stereocenters. The second-order valence-corrected chi connectivity index (χ2v) is 7.62. The fourth-order valence-corrected chi connectivity index (χ4v) is 3.89. The SMILES string of the molecule is COc1cccc([C@H]2C(C(=O)Nc3ccccc3OC)=C(C)Nc3nc(CCCO)nn32)c1. The lowest BCUT2D eigenvalue weighted by atomic mass is 9.95. The number of carbonyl (C=O) groups is 1. The fraction of sp³-hybridized carbons (Fsp3) is 0.292. The largest absolute Gasteiger partial charge is 0.497 e. The molecule has 1 amide bonds. The van der Waals surface area contributed by atoms with Gasteiger partial charge in [0, 0.05) is 18.7 Å². The van der Waals surface area contributed by atoms with E-state index in [1.54, 1.807) is 31.0 Å². The minimum absolute atomic E-state index is 0.0560. The molecule has 1 aromatic heterocycles. The monoisotopic (exact) mass is 449 g/mol. The Morgan fingerprint density at radius 1 is 1.18 bits per heavy atom. The summed E-state index contributed by atoms with van der Waals surface area (Å²) in [5, 5.41) is 20.0. The van der Waals surface area contributed by atoms with Crippen molar-refractivity contribution in [3.63, 3.8) is 0 Å². The summed E-state index contributed by atoms with van der Waals surface area (Å²) in [7, 11) is 3.16. The normalized spacial score (nSPS) is 15.0. The van der Waals surface area contributed by atoms with Crippen LogP contribution in [0, 0.1) is 0 Å². The molecule has 0 saturated carbocycles. The second kappa shape index (κ2) is 9.74. The first-order valence-corrected chi connectivity index (χ1v) is 10.7. The summed E-state index contributed by atoms with van der Waals surface area (Å²) in [4.78, 5) is 18.2. The van der Waals surface area contributed by atoms with Crippen LogP contribution in [0.25, 0.3) is 0 Å². The number of aromatic nitrogens is 3. The number of nitrogens with one attached hydrogen (secondary N) is 2. The van der Waals surface area contributed by atoms with Gasteiger partial charge in [0.15, 0.2) is 5.82 Å². The zero-order valence-corrected chi connectivity index (χ0v) is 18.8. The number of para-hydroxylation sites is 2. The Balaban J connectivity index is 1.78. The minimum Gasteiger partial charge on any atom is -0.497 e. The molecule has 0 saturated heterocycles. The van der Waals surface area contributed by atoms with Gasteiger partial charge in [-0.25, -0.2) is 4.68 Å². The summed E-state index contributed by atoms with van der Waals surface area (Å²) in [5.41, 5.74) is 2.58. The van der Waals surface area contributed by atoms with Crippen LogP contribution in [0.1, 0.15) is 30.8 Å². The van der Waals surface area contributed by atoms with Gasteiger partial charge in [0.1, 0.15) is 17.5 Å². The predicted octanol–water partition coefficient (Wildman–Crippen LogP) is 3.15. The highest BCUT2D eigenvalue weighted by Crippen LogP contribution is 2.37. The molecule has 9 nitrogen and oxygen atoms in total. The van der Waals surface area contributed by atoms with E-state index in [4.69, 9.17) is 9.47 Å². The highest BCUT2D eigenvalue weighted by molar-refractivity contribution is 6.06. The average Bonchev–Trinajstić information content (AvgIpc) is 3.24. The van der Waals surface area contributed by atoms with Gasteiger partial charge in [-0.3, -0.25) is 4.79 Å². The predicted molar refractivity (Wildman–Crippen MR) is 125 cm³/mol. The van der Waals surface area contributed by atoms with E-state index in [0.717, 1.165) is 5.56 Å². The van der Waals surface area contributed by atoms with Crippen LogP contribution < -0.4 is 20.1 Å². The summed E-state index contributed by atoms with van der Waals surface area (Å²) >= 11 is 0. The molecule has 2 heterocycles. The van der Waals surface area contributed by atoms with E-state index in [-0.39, 0.29) is 12.5 Å². The number of allylic oxidation sites excluding steroid dienone is 1. The molecule has 0 radical (unpaired) electrons. The number of aryl methyl sites for hydroxylation is 1. The first-order chi connectivity index (χ1) is 16.0. The molecule has 0 fully saturated rings. The van der Waals surface area contributed by atoms with Crippen LogP contribution >= 0.6 is 0 Å². The number of ether oxygens (including phenoxy) is 2. The van der Waals surface area contributed by atoms with Crippen LogP contribution in [0.3, 0.4) is 0 Å². The maximum atomic E-state index is 13.6. The van der Waals surface area contributed by atoms with Gasteiger partial charge in [0.25, 0.3) is 5.91 Å². The lowest BCUT2D eigenvalue weighted by Gasteiger charge is -2.29. The molecule has 2 aromatic carbocycles. The van der Waals surface area contributed by atoms with Crippen molar-refractivity contribution in [2.24, 2.45) is 0 Å². The van der Waals surface area contributed by atoms with Crippen molar-refractivity contribution in [3.8, 4) is 11.5 Å². The Hall–Kier alpha value is -3.85. The van der Waals surface area contributed by atoms with Crippen molar-refractivity contribution >= 4 is 17.5 Å². The average molecular weight is 450 g/mol. The van der Waals surface area contributed by atoms with Gasteiger partial charge < -0.3 is 25.2 Å². The molecule has 3 aromatic rings. The summed E-state index contributed by atoms with van der Waals surface area (Å²) in [6.45, 7) is 1.90. The number of amides is 1. The van der Waals surface area contributed by atoms with E-state index < -0.39 is 6.04 Å². The number of carbonyl (C=O) groups excluding carboxylic acids is 1. The third-order valence-corrected chi connectivity index (χ3v) is 5.46. The van der Waals surface area contributed by atoms with E-state index in [2.05, 4.69) is 20.7 Å². The maximum Gasteiger partial charge on any atom is 0.255 e. The summed E-state index contributed by atoms with van der Waals surface area (Å²) in [6, 6.07) is 14.3. The van der Waals surface area contributed by atoms with Crippen LogP contribution in [0.5, 0.6) is 11.5 Å². The van der Waals surface area contributed by atoms with Gasteiger partial charge in [-0.05, 0) is 43.2 Å². The topological polar surface area (TPSA) is 111 Å². The lowest BCUT2D eigenvalue weighted by Crippen LogP contribution is -2.31. The number of methoxy groups -OCH3 is 2. The van der Waals surface area contributed by atoms with Gasteiger partial charge in [0.2, 0.25) is 5.95 Å². The van der Waals surface area contributed by atoms with Gasteiger partial charge >= 0.3 is 0 Å². The molecule has 0 unspecified atom stereocenters. The van der Waals surface area contributed by atoms with Crippen molar-refractivity contribution < 1.29 is 19.4 Å². The zero-order chi connectivity index (χ0) is 23.4. The number of aliphatic hydroxyl groups excluding tert-OH is 1. The highest BCUT2D eigenvalue weighted by atomic mass is 16.5. The number of aliphatic hydroxyl groups is 1. The molecule has 0 bridgehead atoms. The summed E-state index contributed by atoms with van der Waals surface area (Å²) in [5.74, 6) is 2.10. The molecule has 3 N–H and O–H groups in total. The zero-order valence-electron chi connectivity index (χ0n) is 18.8. The third-order valence-electron chi connectivity index (χ3n) is 5.46. The van der Waals surface area contributed by atoms with Gasteiger partial charge in [-0.15, -0.1) is 0 Å². The summed E-state index contributed by atoms with van der Waals surface area (Å²) in [6.07, 6.45) is 1.09. The van der Waals surface area contributed by atoms with E-state index in [9.17, 15) is 9.90 Å². The number of benzene rings is 2. The lowest BCUT2D eigenvalue weighted by molar-refractivity contribution is -0.113. The standard InChI is InChI=1S/C24H27N5O4/c1-15-21(23(31)26-18-10-4-5-11-19(18)33-3)22(16-8-6-9-17(14-16)32-2)29-24(25-15)27-20(28-29)12-7-13-30/h4-6,8-11,14,22,30H,7,12-13H2,1-3H3,(H,26,31)(H,25,27,28)/t22-/m0/s1. The van der Waals surface area contributed by atoms with Crippen molar-refractivity contribution in [1.29, 1.82) is 0 Å². The molecule has 9 heteroatoms. The number of nitrogens with zero attached hydrogens (tertiary/aromatic N) is 3. The van der Waals surface area contributed by atoms with Crippen molar-refractivity contribution in [3.05, 3.63) is 71.2 Å². The molecule has 0 aliphatic carbocycles. The van der Waals surface area contributed by atoms with Crippen molar-refractivity contribution in [2.75, 3.05) is 31.5 Å². The van der Waals surface area contributed by atoms with Crippen LogP contribution in [-0.2, 0) is 11.2 Å². The molecular weight excluding hydrogens is 422 g/mol. The molecule has 33 heavy (non-hydrogen) atoms. The number of anilines is 2. The van der Waals surface area contributed by atoms with E-state index in [1.165, 1.54) is 0 Å². The minimum atomic E-state index is -0.526. The van der Waals surface area contributed by atoms with Crippen LogP contribution in [-0.4, -0.2) is 46.6 Å². The summed E-state index contributed by atoms with van der Waals surface area (Å²) < 4.78 is 12.5. The fourth-order valence-electron chi connectivity index (χ4n) is 3.89. The van der Waals surface area contributed by atoms with Gasteiger partial charge in [-0.2, -0.15) is 10.1 Å². The first-order valence-electron chi connectivity index (χ1n) is 10.7. The van der Waals surface area contributed by atoms with Crippen molar-refractivity contribution in [1.82, 2.24) is 14.8 Å². The molecule has 4 rings (SSSR count). The van der Waals surface area contributed by atoms with E-state index in [0.29, 0.717) is 53.1 Å². The van der Waals surface area contributed by atoms with Gasteiger partial charge in [-0.1, -0.05) is 24.3 Å². The van der Waals surface area contributed by atoms with Crippen LogP contribution in [0.2, 0.25) is 0 Å². The molecule has 172 valence electrons. The number of fused-ring (bicyclic) bond motifs is 1. The molecule has 1 aliphatic rings. The highest BCUT2D eigenvalue weighted by Gasteiger charge is 2.34. The third kappa shape index (κ3) is 4.54. The second-order valence-electron chi connectivity index (χ2n) is 7.62. The number of rotatable bonds is 8. The van der Waals surface area contributed by atoms with Crippen LogP contribution in [0.4, 0.5) is 11.6 Å².